The number of nitrogens with zero attached hydrogens (tertiary/aromatic N) is 1. The van der Waals surface area contributed by atoms with Crippen molar-refractivity contribution in [3.05, 3.63) is 0 Å². The first kappa shape index (κ1) is 9.92. The summed E-state index contributed by atoms with van der Waals surface area (Å²) < 4.78 is 5.11. The second-order valence-electron chi connectivity index (χ2n) is 3.24. The summed E-state index contributed by atoms with van der Waals surface area (Å²) in [5.41, 5.74) is 5.39. The van der Waals surface area contributed by atoms with Crippen LogP contribution in [0.5, 0.6) is 0 Å². The molecule has 4 nitrogen and oxygen atoms in total. The summed E-state index contributed by atoms with van der Waals surface area (Å²) in [6.07, 6.45) is 0.652. The molecule has 1 fully saturated rings. The summed E-state index contributed by atoms with van der Waals surface area (Å²) in [6, 6.07) is 0. The van der Waals surface area contributed by atoms with Crippen LogP contribution < -0.4 is 5.73 Å². The lowest BCUT2D eigenvalue weighted by atomic mass is 10.3. The SMILES string of the molecule is CO[C@@H]1CN(CCCN)C[C@@H]1O. The molecule has 0 spiro atoms. The van der Waals surface area contributed by atoms with Crippen molar-refractivity contribution in [3.8, 4) is 0 Å². The van der Waals surface area contributed by atoms with E-state index in [1.165, 1.54) is 0 Å². The maximum atomic E-state index is 9.46. The normalized spacial score (nSPS) is 31.2. The molecule has 1 heterocycles. The molecule has 0 radical (unpaired) electrons. The largest absolute Gasteiger partial charge is 0.389 e. The van der Waals surface area contributed by atoms with E-state index in [2.05, 4.69) is 4.90 Å². The Morgan fingerprint density at radius 3 is 2.83 bits per heavy atom. The van der Waals surface area contributed by atoms with Gasteiger partial charge in [-0.1, -0.05) is 0 Å². The quantitative estimate of drug-likeness (QED) is 0.575. The number of rotatable bonds is 4. The van der Waals surface area contributed by atoms with Crippen molar-refractivity contribution in [2.75, 3.05) is 33.3 Å². The first-order valence-corrected chi connectivity index (χ1v) is 4.41. The van der Waals surface area contributed by atoms with Crippen LogP contribution in [0.25, 0.3) is 0 Å². The highest BCUT2D eigenvalue weighted by Crippen LogP contribution is 2.12. The monoisotopic (exact) mass is 174 g/mol. The number of methoxy groups -OCH3 is 1. The molecule has 0 bridgehead atoms. The molecule has 3 N–H and O–H groups in total. The van der Waals surface area contributed by atoms with Crippen LogP contribution in [0.3, 0.4) is 0 Å². The summed E-state index contributed by atoms with van der Waals surface area (Å²) >= 11 is 0. The summed E-state index contributed by atoms with van der Waals surface area (Å²) in [5, 5.41) is 9.46. The number of nitrogens with two attached hydrogens (primary N) is 1. The van der Waals surface area contributed by atoms with Crippen LogP contribution in [0, 0.1) is 0 Å². The van der Waals surface area contributed by atoms with Crippen LogP contribution in [0.15, 0.2) is 0 Å². The van der Waals surface area contributed by atoms with Crippen LogP contribution in [0.2, 0.25) is 0 Å². The lowest BCUT2D eigenvalue weighted by Gasteiger charge is -2.13. The molecule has 72 valence electrons. The number of aliphatic hydroxyl groups is 1. The number of likely N-dealkylation sites (tertiary alicyclic amines) is 1. The summed E-state index contributed by atoms with van der Waals surface area (Å²) in [5.74, 6) is 0. The van der Waals surface area contributed by atoms with Gasteiger partial charge in [0.2, 0.25) is 0 Å². The zero-order valence-electron chi connectivity index (χ0n) is 7.57. The molecule has 4 heteroatoms. The van der Waals surface area contributed by atoms with E-state index in [0.29, 0.717) is 6.54 Å². The van der Waals surface area contributed by atoms with Gasteiger partial charge < -0.3 is 15.6 Å². The van der Waals surface area contributed by atoms with Gasteiger partial charge in [-0.2, -0.15) is 0 Å². The van der Waals surface area contributed by atoms with Crippen molar-refractivity contribution in [2.24, 2.45) is 5.73 Å². The number of hydrogen-bond donors (Lipinski definition) is 2. The van der Waals surface area contributed by atoms with Crippen LogP contribution in [-0.4, -0.2) is 55.5 Å². The van der Waals surface area contributed by atoms with Crippen LogP contribution in [0.1, 0.15) is 6.42 Å². The van der Waals surface area contributed by atoms with Gasteiger partial charge in [-0.25, -0.2) is 0 Å². The minimum Gasteiger partial charge on any atom is -0.389 e. The fourth-order valence-corrected chi connectivity index (χ4v) is 1.56. The molecule has 0 saturated carbocycles. The highest BCUT2D eigenvalue weighted by atomic mass is 16.5. The van der Waals surface area contributed by atoms with E-state index in [9.17, 15) is 5.11 Å². The second-order valence-corrected chi connectivity index (χ2v) is 3.24. The molecule has 0 unspecified atom stereocenters. The average molecular weight is 174 g/mol. The van der Waals surface area contributed by atoms with Crippen molar-refractivity contribution < 1.29 is 9.84 Å². The average Bonchev–Trinajstić information content (AvgIpc) is 2.43. The molecule has 0 aliphatic carbocycles. The number of β-amino-alcohol motifs (C(OH)–C–C–N with tert-alkyl or cyclic N) is 1. The van der Waals surface area contributed by atoms with Crippen LogP contribution >= 0.6 is 0 Å². The molecule has 1 saturated heterocycles. The van der Waals surface area contributed by atoms with Gasteiger partial charge in [0.1, 0.15) is 0 Å². The topological polar surface area (TPSA) is 58.7 Å². The highest BCUT2D eigenvalue weighted by molar-refractivity contribution is 4.84. The minimum atomic E-state index is -0.326. The number of aliphatic hydroxyl groups excluding tert-OH is 1. The lowest BCUT2D eigenvalue weighted by molar-refractivity contribution is 0.0215. The second kappa shape index (κ2) is 4.77. The van der Waals surface area contributed by atoms with Gasteiger partial charge >= 0.3 is 0 Å². The number of ether oxygens (including phenoxy) is 1. The fourth-order valence-electron chi connectivity index (χ4n) is 1.56. The zero-order chi connectivity index (χ0) is 8.97. The summed E-state index contributed by atoms with van der Waals surface area (Å²) in [6.45, 7) is 3.23. The van der Waals surface area contributed by atoms with Crippen LogP contribution in [-0.2, 0) is 4.74 Å². The lowest BCUT2D eigenvalue weighted by Crippen LogP contribution is -2.25. The molecule has 1 aliphatic heterocycles. The summed E-state index contributed by atoms with van der Waals surface area (Å²) in [4.78, 5) is 2.19. The third-order valence-electron chi connectivity index (χ3n) is 2.29. The van der Waals surface area contributed by atoms with E-state index in [-0.39, 0.29) is 12.2 Å². The van der Waals surface area contributed by atoms with Crippen molar-refractivity contribution in [1.29, 1.82) is 0 Å². The Balaban J connectivity index is 2.23. The van der Waals surface area contributed by atoms with Gasteiger partial charge in [0.05, 0.1) is 12.2 Å². The maximum absolute atomic E-state index is 9.46. The van der Waals surface area contributed by atoms with Gasteiger partial charge in [0.25, 0.3) is 0 Å². The predicted octanol–water partition coefficient (Wildman–Crippen LogP) is -0.973. The van der Waals surface area contributed by atoms with Gasteiger partial charge in [-0.05, 0) is 19.5 Å². The van der Waals surface area contributed by atoms with Gasteiger partial charge in [0.15, 0.2) is 0 Å². The van der Waals surface area contributed by atoms with Crippen molar-refractivity contribution in [3.63, 3.8) is 0 Å². The predicted molar refractivity (Wildman–Crippen MR) is 46.9 cm³/mol. The molecule has 0 aromatic rings. The van der Waals surface area contributed by atoms with E-state index in [4.69, 9.17) is 10.5 Å². The molecule has 0 amide bonds. The Morgan fingerprint density at radius 1 is 1.58 bits per heavy atom. The minimum absolute atomic E-state index is 0.0113. The van der Waals surface area contributed by atoms with Crippen molar-refractivity contribution in [2.45, 2.75) is 18.6 Å². The van der Waals surface area contributed by atoms with Gasteiger partial charge in [-0.15, -0.1) is 0 Å². The highest BCUT2D eigenvalue weighted by Gasteiger charge is 2.30. The third-order valence-corrected chi connectivity index (χ3v) is 2.29. The molecule has 1 rings (SSSR count). The maximum Gasteiger partial charge on any atom is 0.0969 e. The van der Waals surface area contributed by atoms with Crippen molar-refractivity contribution >= 4 is 0 Å². The fraction of sp³-hybridized carbons (Fsp3) is 1.00. The molecule has 1 aliphatic rings. The molecule has 0 aromatic carbocycles. The van der Waals surface area contributed by atoms with E-state index in [1.807, 2.05) is 0 Å². The van der Waals surface area contributed by atoms with Crippen molar-refractivity contribution in [1.82, 2.24) is 4.90 Å². The Bertz CT molecular complexity index is 132. The van der Waals surface area contributed by atoms with E-state index in [0.717, 1.165) is 26.1 Å². The van der Waals surface area contributed by atoms with Gasteiger partial charge in [-0.3, -0.25) is 4.90 Å². The Labute approximate surface area is 73.3 Å². The Kier molecular flexibility index (Phi) is 3.94. The number of hydrogen-bond acceptors (Lipinski definition) is 4. The van der Waals surface area contributed by atoms with Crippen LogP contribution in [0.4, 0.5) is 0 Å². The summed E-state index contributed by atoms with van der Waals surface area (Å²) in [7, 11) is 1.64. The zero-order valence-corrected chi connectivity index (χ0v) is 7.57. The standard InChI is InChI=1S/C8H18N2O2/c1-12-8-6-10(4-2-3-9)5-7(8)11/h7-8,11H,2-6,9H2,1H3/t7-,8+/m0/s1. The third kappa shape index (κ3) is 2.42. The molecule has 0 aromatic heterocycles. The first-order valence-electron chi connectivity index (χ1n) is 4.41. The molecule has 2 atom stereocenters. The van der Waals surface area contributed by atoms with Gasteiger partial charge in [0, 0.05) is 20.2 Å². The smallest absolute Gasteiger partial charge is 0.0969 e. The molecular weight excluding hydrogens is 156 g/mol. The van der Waals surface area contributed by atoms with E-state index >= 15 is 0 Å². The van der Waals surface area contributed by atoms with E-state index in [1.54, 1.807) is 7.11 Å². The molecular formula is C8H18N2O2. The Hall–Kier alpha value is -0.160. The molecule has 12 heavy (non-hydrogen) atoms. The first-order chi connectivity index (χ1) is 5.77. The Morgan fingerprint density at radius 2 is 2.33 bits per heavy atom. The van der Waals surface area contributed by atoms with E-state index < -0.39 is 0 Å².